The largest absolute Gasteiger partial charge is 0.394 e. The molecular weight excluding hydrogens is 216 g/mol. The number of rotatable bonds is 12. The van der Waals surface area contributed by atoms with Crippen molar-refractivity contribution in [2.24, 2.45) is 0 Å². The summed E-state index contributed by atoms with van der Waals surface area (Å²) in [6.45, 7) is 12.2. The number of nitrogens with zero attached hydrogens (tertiary/aromatic N) is 1. The summed E-state index contributed by atoms with van der Waals surface area (Å²) in [5, 5.41) is 12.0. The van der Waals surface area contributed by atoms with Gasteiger partial charge < -0.3 is 20.1 Å². The summed E-state index contributed by atoms with van der Waals surface area (Å²) in [6.07, 6.45) is 2.45. The van der Waals surface area contributed by atoms with Crippen LogP contribution in [0.5, 0.6) is 0 Å². The first-order chi connectivity index (χ1) is 8.24. The predicted molar refractivity (Wildman–Crippen MR) is 72.4 cm³/mol. The lowest BCUT2D eigenvalue weighted by Gasteiger charge is -2.19. The average Bonchev–Trinajstić information content (AvgIpc) is 2.34. The summed E-state index contributed by atoms with van der Waals surface area (Å²) in [7, 11) is 0. The Morgan fingerprint density at radius 1 is 1.24 bits per heavy atom. The van der Waals surface area contributed by atoms with Gasteiger partial charge in [0.25, 0.3) is 0 Å². The van der Waals surface area contributed by atoms with Crippen molar-refractivity contribution in [2.75, 3.05) is 46.0 Å². The van der Waals surface area contributed by atoms with Crippen LogP contribution < -0.4 is 5.32 Å². The molecule has 0 heterocycles. The van der Waals surface area contributed by atoms with E-state index in [-0.39, 0.29) is 6.61 Å². The highest BCUT2D eigenvalue weighted by Crippen LogP contribution is 1.99. The Labute approximate surface area is 106 Å². The molecule has 0 radical (unpaired) electrons. The van der Waals surface area contributed by atoms with Crippen LogP contribution in [0.15, 0.2) is 0 Å². The third-order valence-electron chi connectivity index (χ3n) is 2.98. The van der Waals surface area contributed by atoms with Gasteiger partial charge in [-0.25, -0.2) is 0 Å². The quantitative estimate of drug-likeness (QED) is 0.506. The molecule has 0 aromatic heterocycles. The van der Waals surface area contributed by atoms with E-state index in [1.165, 1.54) is 19.4 Å². The van der Waals surface area contributed by atoms with Crippen LogP contribution in [-0.4, -0.2) is 62.0 Å². The fraction of sp³-hybridized carbons (Fsp3) is 1.00. The summed E-state index contributed by atoms with van der Waals surface area (Å²) < 4.78 is 5.19. The zero-order valence-corrected chi connectivity index (χ0v) is 11.7. The topological polar surface area (TPSA) is 44.7 Å². The minimum atomic E-state index is 0.111. The highest BCUT2D eigenvalue weighted by atomic mass is 16.5. The molecule has 0 fully saturated rings. The first-order valence-electron chi connectivity index (χ1n) is 6.88. The zero-order valence-electron chi connectivity index (χ0n) is 11.7. The molecule has 0 saturated heterocycles. The average molecular weight is 246 g/mol. The molecule has 0 spiro atoms. The second kappa shape index (κ2) is 12.3. The number of nitrogens with one attached hydrogen (secondary N) is 1. The van der Waals surface area contributed by atoms with Gasteiger partial charge in [-0.3, -0.25) is 0 Å². The smallest absolute Gasteiger partial charge is 0.0698 e. The van der Waals surface area contributed by atoms with Gasteiger partial charge in [-0.1, -0.05) is 13.8 Å². The number of ether oxygens (including phenoxy) is 1. The minimum Gasteiger partial charge on any atom is -0.394 e. The Balaban J connectivity index is 3.30. The van der Waals surface area contributed by atoms with Crippen molar-refractivity contribution in [1.29, 1.82) is 0 Å². The molecule has 0 aliphatic rings. The number of aliphatic hydroxyl groups is 1. The fourth-order valence-corrected chi connectivity index (χ4v) is 1.81. The molecule has 0 aliphatic heterocycles. The van der Waals surface area contributed by atoms with E-state index in [0.29, 0.717) is 19.3 Å². The third-order valence-corrected chi connectivity index (χ3v) is 2.98. The van der Waals surface area contributed by atoms with Crippen molar-refractivity contribution in [3.05, 3.63) is 0 Å². The maximum absolute atomic E-state index is 8.54. The van der Waals surface area contributed by atoms with E-state index < -0.39 is 0 Å². The Bertz CT molecular complexity index is 152. The van der Waals surface area contributed by atoms with E-state index >= 15 is 0 Å². The lowest BCUT2D eigenvalue weighted by molar-refractivity contribution is 0.0926. The third kappa shape index (κ3) is 10.7. The standard InChI is InChI=1S/C13H30N2O2/c1-4-15(5-2)9-6-7-13(3)14-8-11-17-12-10-16/h13-14,16H,4-12H2,1-3H3. The highest BCUT2D eigenvalue weighted by Gasteiger charge is 2.03. The summed E-state index contributed by atoms with van der Waals surface area (Å²) in [4.78, 5) is 2.46. The van der Waals surface area contributed by atoms with Crippen molar-refractivity contribution >= 4 is 0 Å². The molecule has 0 saturated carbocycles. The lowest BCUT2D eigenvalue weighted by Crippen LogP contribution is -2.31. The Morgan fingerprint density at radius 3 is 2.53 bits per heavy atom. The summed E-state index contributed by atoms with van der Waals surface area (Å²) in [5.74, 6) is 0. The van der Waals surface area contributed by atoms with Gasteiger partial charge in [-0.2, -0.15) is 0 Å². The van der Waals surface area contributed by atoms with Gasteiger partial charge in [-0.05, 0) is 39.4 Å². The number of hydrogen-bond acceptors (Lipinski definition) is 4. The van der Waals surface area contributed by atoms with Crippen LogP contribution in [0.2, 0.25) is 0 Å². The van der Waals surface area contributed by atoms with Crippen LogP contribution in [0.25, 0.3) is 0 Å². The molecule has 0 aromatic rings. The molecule has 4 nitrogen and oxygen atoms in total. The van der Waals surface area contributed by atoms with Gasteiger partial charge in [0.1, 0.15) is 0 Å². The van der Waals surface area contributed by atoms with Gasteiger partial charge >= 0.3 is 0 Å². The molecule has 1 unspecified atom stereocenters. The zero-order chi connectivity index (χ0) is 12.9. The second-order valence-corrected chi connectivity index (χ2v) is 4.36. The molecule has 0 bridgehead atoms. The molecule has 0 amide bonds. The van der Waals surface area contributed by atoms with E-state index in [2.05, 4.69) is 31.0 Å². The molecule has 4 heteroatoms. The van der Waals surface area contributed by atoms with Gasteiger partial charge in [0.2, 0.25) is 0 Å². The summed E-state index contributed by atoms with van der Waals surface area (Å²) in [5.41, 5.74) is 0. The molecule has 1 atom stereocenters. The Kier molecular flexibility index (Phi) is 12.2. The van der Waals surface area contributed by atoms with E-state index in [9.17, 15) is 0 Å². The van der Waals surface area contributed by atoms with Crippen LogP contribution in [-0.2, 0) is 4.74 Å². The van der Waals surface area contributed by atoms with E-state index in [1.807, 2.05) is 0 Å². The normalized spacial score (nSPS) is 13.2. The Morgan fingerprint density at radius 2 is 1.94 bits per heavy atom. The van der Waals surface area contributed by atoms with Gasteiger partial charge in [0.05, 0.1) is 19.8 Å². The van der Waals surface area contributed by atoms with Gasteiger partial charge in [0.15, 0.2) is 0 Å². The van der Waals surface area contributed by atoms with E-state index in [4.69, 9.17) is 9.84 Å². The van der Waals surface area contributed by atoms with Gasteiger partial charge in [-0.15, -0.1) is 0 Å². The molecule has 2 N–H and O–H groups in total. The molecule has 104 valence electrons. The second-order valence-electron chi connectivity index (χ2n) is 4.36. The van der Waals surface area contributed by atoms with Crippen molar-refractivity contribution in [2.45, 2.75) is 39.7 Å². The molecule has 17 heavy (non-hydrogen) atoms. The lowest BCUT2D eigenvalue weighted by atomic mass is 10.2. The van der Waals surface area contributed by atoms with Crippen LogP contribution in [0.3, 0.4) is 0 Å². The monoisotopic (exact) mass is 246 g/mol. The number of hydrogen-bond donors (Lipinski definition) is 2. The van der Waals surface area contributed by atoms with E-state index in [0.717, 1.165) is 19.6 Å². The molecule has 0 rings (SSSR count). The first-order valence-corrected chi connectivity index (χ1v) is 6.88. The van der Waals surface area contributed by atoms with Crippen LogP contribution in [0, 0.1) is 0 Å². The number of aliphatic hydroxyl groups excluding tert-OH is 1. The first kappa shape index (κ1) is 16.8. The molecule has 0 aromatic carbocycles. The van der Waals surface area contributed by atoms with E-state index in [1.54, 1.807) is 0 Å². The predicted octanol–water partition coefficient (Wildman–Crippen LogP) is 1.10. The maximum Gasteiger partial charge on any atom is 0.0698 e. The van der Waals surface area contributed by atoms with Crippen LogP contribution in [0.4, 0.5) is 0 Å². The highest BCUT2D eigenvalue weighted by molar-refractivity contribution is 4.62. The summed E-state index contributed by atoms with van der Waals surface area (Å²) >= 11 is 0. The minimum absolute atomic E-state index is 0.111. The Hall–Kier alpha value is -0.160. The van der Waals surface area contributed by atoms with Crippen LogP contribution >= 0.6 is 0 Å². The maximum atomic E-state index is 8.54. The molecule has 0 aliphatic carbocycles. The van der Waals surface area contributed by atoms with Crippen molar-refractivity contribution in [3.63, 3.8) is 0 Å². The van der Waals surface area contributed by atoms with Crippen molar-refractivity contribution in [3.8, 4) is 0 Å². The van der Waals surface area contributed by atoms with Crippen molar-refractivity contribution in [1.82, 2.24) is 10.2 Å². The summed E-state index contributed by atoms with van der Waals surface area (Å²) in [6, 6.07) is 0.545. The fourth-order valence-electron chi connectivity index (χ4n) is 1.81. The van der Waals surface area contributed by atoms with Gasteiger partial charge in [0, 0.05) is 12.6 Å². The molecular formula is C13H30N2O2. The van der Waals surface area contributed by atoms with Crippen molar-refractivity contribution < 1.29 is 9.84 Å². The SMILES string of the molecule is CCN(CC)CCCC(C)NCCOCCO. The van der Waals surface area contributed by atoms with Crippen LogP contribution in [0.1, 0.15) is 33.6 Å².